The minimum Gasteiger partial charge on any atom is -0.744 e. The van der Waals surface area contributed by atoms with E-state index in [1.165, 1.54) is 24.3 Å². The summed E-state index contributed by atoms with van der Waals surface area (Å²) in [6.07, 6.45) is 3.66. The number of pyridine rings is 1. The van der Waals surface area contributed by atoms with Gasteiger partial charge < -0.3 is 4.55 Å². The van der Waals surface area contributed by atoms with Crippen molar-refractivity contribution in [2.75, 3.05) is 0 Å². The Balaban J connectivity index is 0.000000186. The van der Waals surface area contributed by atoms with Gasteiger partial charge in [-0.1, -0.05) is 29.3 Å². The van der Waals surface area contributed by atoms with Crippen LogP contribution in [0.25, 0.3) is 5.69 Å². The predicted molar refractivity (Wildman–Crippen MR) is 92.1 cm³/mol. The SMILES string of the molecule is Cc1ccc(S(=O)(=O)[O-])cc1.Fc1ccc(-[n+]2ccc(Cl)cc2)cc1. The van der Waals surface area contributed by atoms with Crippen molar-refractivity contribution >= 4 is 21.7 Å². The number of rotatable bonds is 2. The summed E-state index contributed by atoms with van der Waals surface area (Å²) in [6.45, 7) is 1.82. The number of aromatic nitrogens is 1. The fourth-order valence-electron chi connectivity index (χ4n) is 1.90. The van der Waals surface area contributed by atoms with Crippen LogP contribution in [0.3, 0.4) is 0 Å². The van der Waals surface area contributed by atoms with Crippen LogP contribution in [0, 0.1) is 12.7 Å². The standard InChI is InChI=1S/C11H8ClFN.C7H8O3S/c12-9-5-7-14(8-6-9)11-3-1-10(13)2-4-11;1-6-2-4-7(5-3-6)11(8,9)10/h1-8H;2-5H,1H3,(H,8,9,10)/q+1;/p-1. The average molecular weight is 380 g/mol. The normalized spacial score (nSPS) is 10.7. The van der Waals surface area contributed by atoms with Crippen LogP contribution in [0.1, 0.15) is 5.56 Å². The first-order valence-electron chi connectivity index (χ1n) is 7.21. The lowest BCUT2D eigenvalue weighted by Crippen LogP contribution is -2.28. The first-order valence-corrected chi connectivity index (χ1v) is 9.00. The summed E-state index contributed by atoms with van der Waals surface area (Å²) in [4.78, 5) is -0.178. The topological polar surface area (TPSA) is 61.1 Å². The minimum absolute atomic E-state index is 0.178. The number of benzene rings is 2. The van der Waals surface area contributed by atoms with Gasteiger partial charge in [0.2, 0.25) is 5.69 Å². The van der Waals surface area contributed by atoms with Crippen molar-refractivity contribution < 1.29 is 21.9 Å². The molecule has 7 heteroatoms. The molecule has 3 rings (SSSR count). The van der Waals surface area contributed by atoms with Gasteiger partial charge in [0.05, 0.1) is 9.92 Å². The molecule has 0 saturated carbocycles. The summed E-state index contributed by atoms with van der Waals surface area (Å²) in [7, 11) is -4.27. The van der Waals surface area contributed by atoms with Crippen molar-refractivity contribution in [1.82, 2.24) is 0 Å². The molecule has 0 radical (unpaired) electrons. The predicted octanol–water partition coefficient (Wildman–Crippen LogP) is 3.65. The van der Waals surface area contributed by atoms with E-state index in [4.69, 9.17) is 11.6 Å². The highest BCUT2D eigenvalue weighted by atomic mass is 35.5. The van der Waals surface area contributed by atoms with E-state index in [2.05, 4.69) is 0 Å². The van der Waals surface area contributed by atoms with Gasteiger partial charge in [0, 0.05) is 24.3 Å². The maximum absolute atomic E-state index is 12.6. The van der Waals surface area contributed by atoms with Gasteiger partial charge in [-0.15, -0.1) is 0 Å². The summed E-state index contributed by atoms with van der Waals surface area (Å²) in [5.41, 5.74) is 1.83. The number of nitrogens with zero attached hydrogens (tertiary/aromatic N) is 1. The second-order valence-electron chi connectivity index (χ2n) is 5.17. The zero-order valence-corrected chi connectivity index (χ0v) is 14.8. The van der Waals surface area contributed by atoms with Crippen molar-refractivity contribution in [2.45, 2.75) is 11.8 Å². The molecule has 4 nitrogen and oxygen atoms in total. The van der Waals surface area contributed by atoms with Crippen LogP contribution in [0.5, 0.6) is 0 Å². The van der Waals surface area contributed by atoms with Crippen LogP contribution in [0.4, 0.5) is 4.39 Å². The number of hydrogen-bond acceptors (Lipinski definition) is 3. The summed E-state index contributed by atoms with van der Waals surface area (Å²) in [5.74, 6) is -0.233. The Labute approximate surface area is 150 Å². The number of halogens is 2. The van der Waals surface area contributed by atoms with Crippen LogP contribution >= 0.6 is 11.6 Å². The highest BCUT2D eigenvalue weighted by molar-refractivity contribution is 7.85. The Hall–Kier alpha value is -2.28. The zero-order chi connectivity index (χ0) is 18.4. The lowest BCUT2D eigenvalue weighted by molar-refractivity contribution is -0.595. The molecule has 3 aromatic rings. The molecular formula is C18H15ClFNO3S. The Bertz CT molecular complexity index is 882. The first-order chi connectivity index (χ1) is 11.8. The van der Waals surface area contributed by atoms with E-state index in [0.717, 1.165) is 11.3 Å². The van der Waals surface area contributed by atoms with E-state index >= 15 is 0 Å². The fourth-order valence-corrected chi connectivity index (χ4v) is 2.48. The summed E-state index contributed by atoms with van der Waals surface area (Å²) in [6, 6.07) is 15.6. The van der Waals surface area contributed by atoms with Crippen LogP contribution in [0.15, 0.2) is 78.0 Å². The molecule has 2 aromatic carbocycles. The quantitative estimate of drug-likeness (QED) is 0.504. The molecular weight excluding hydrogens is 365 g/mol. The van der Waals surface area contributed by atoms with Crippen molar-refractivity contribution in [3.8, 4) is 5.69 Å². The lowest BCUT2D eigenvalue weighted by Gasteiger charge is -2.05. The third kappa shape index (κ3) is 5.94. The van der Waals surface area contributed by atoms with Crippen molar-refractivity contribution in [2.24, 2.45) is 0 Å². The van der Waals surface area contributed by atoms with Crippen LogP contribution in [-0.2, 0) is 10.1 Å². The van der Waals surface area contributed by atoms with Crippen molar-refractivity contribution in [3.05, 3.63) is 89.5 Å². The van der Waals surface area contributed by atoms with Crippen LogP contribution in [0.2, 0.25) is 5.02 Å². The maximum Gasteiger partial charge on any atom is 0.210 e. The van der Waals surface area contributed by atoms with Crippen LogP contribution < -0.4 is 4.57 Å². The number of hydrogen-bond donors (Lipinski definition) is 0. The molecule has 25 heavy (non-hydrogen) atoms. The smallest absolute Gasteiger partial charge is 0.210 e. The summed E-state index contributed by atoms with van der Waals surface area (Å²) >= 11 is 5.75. The lowest BCUT2D eigenvalue weighted by atomic mass is 10.2. The first kappa shape index (κ1) is 19.1. The molecule has 0 spiro atoms. The van der Waals surface area contributed by atoms with Gasteiger partial charge in [0.1, 0.15) is 15.9 Å². The third-order valence-corrected chi connectivity index (χ3v) is 4.32. The Morgan fingerprint density at radius 1 is 0.920 bits per heavy atom. The molecule has 0 N–H and O–H groups in total. The van der Waals surface area contributed by atoms with Gasteiger partial charge in [0.15, 0.2) is 12.4 Å². The van der Waals surface area contributed by atoms with E-state index in [9.17, 15) is 17.4 Å². The average Bonchev–Trinajstić information content (AvgIpc) is 2.57. The minimum atomic E-state index is -4.27. The Morgan fingerprint density at radius 3 is 1.92 bits per heavy atom. The van der Waals surface area contributed by atoms with Gasteiger partial charge in [-0.2, -0.15) is 4.57 Å². The highest BCUT2D eigenvalue weighted by Crippen LogP contribution is 2.08. The summed E-state index contributed by atoms with van der Waals surface area (Å²) in [5, 5.41) is 0.684. The van der Waals surface area contributed by atoms with Gasteiger partial charge in [0.25, 0.3) is 0 Å². The Morgan fingerprint density at radius 2 is 1.44 bits per heavy atom. The molecule has 0 atom stereocenters. The molecule has 130 valence electrons. The molecule has 0 unspecified atom stereocenters. The van der Waals surface area contributed by atoms with Gasteiger partial charge in [-0.05, 0) is 31.2 Å². The van der Waals surface area contributed by atoms with E-state index in [1.54, 1.807) is 36.4 Å². The number of aryl methyl sites for hydroxylation is 1. The second-order valence-corrected chi connectivity index (χ2v) is 6.98. The van der Waals surface area contributed by atoms with Gasteiger partial charge in [-0.25, -0.2) is 12.8 Å². The Kier molecular flexibility index (Phi) is 6.25. The zero-order valence-electron chi connectivity index (χ0n) is 13.3. The molecule has 0 bridgehead atoms. The van der Waals surface area contributed by atoms with Crippen LogP contribution in [-0.4, -0.2) is 13.0 Å². The maximum atomic E-state index is 12.6. The highest BCUT2D eigenvalue weighted by Gasteiger charge is 2.04. The van der Waals surface area contributed by atoms with E-state index in [-0.39, 0.29) is 10.7 Å². The van der Waals surface area contributed by atoms with E-state index in [1.807, 2.05) is 23.9 Å². The van der Waals surface area contributed by atoms with E-state index in [0.29, 0.717) is 5.02 Å². The molecule has 1 aromatic heterocycles. The monoisotopic (exact) mass is 379 g/mol. The molecule has 0 aliphatic rings. The van der Waals surface area contributed by atoms with Crippen molar-refractivity contribution in [3.63, 3.8) is 0 Å². The molecule has 0 amide bonds. The van der Waals surface area contributed by atoms with E-state index < -0.39 is 10.1 Å². The third-order valence-electron chi connectivity index (χ3n) is 3.22. The summed E-state index contributed by atoms with van der Waals surface area (Å²) < 4.78 is 45.7. The van der Waals surface area contributed by atoms with Gasteiger partial charge >= 0.3 is 0 Å². The molecule has 0 fully saturated rings. The molecule has 0 saturated heterocycles. The molecule has 0 aliphatic carbocycles. The van der Waals surface area contributed by atoms with Crippen molar-refractivity contribution in [1.29, 1.82) is 0 Å². The largest absolute Gasteiger partial charge is 0.744 e. The molecule has 0 aliphatic heterocycles. The molecule has 1 heterocycles. The van der Waals surface area contributed by atoms with Gasteiger partial charge in [-0.3, -0.25) is 0 Å². The fraction of sp³-hybridized carbons (Fsp3) is 0.0556. The second kappa shape index (κ2) is 8.20.